The third-order valence-electron chi connectivity index (χ3n) is 4.47. The average molecular weight is 488 g/mol. The van der Waals surface area contributed by atoms with Crippen LogP contribution in [0.1, 0.15) is 17.7 Å². The van der Waals surface area contributed by atoms with Crippen LogP contribution in [0.4, 0.5) is 5.69 Å². The fraction of sp³-hybridized carbons (Fsp3) is 0.389. The average Bonchev–Trinajstić information content (AvgIpc) is 3.19. The van der Waals surface area contributed by atoms with Crippen LogP contribution in [0.5, 0.6) is 0 Å². The molecule has 140 valence electrons. The molecule has 1 aromatic heterocycles. The van der Waals surface area contributed by atoms with E-state index in [2.05, 4.69) is 27.9 Å². The first-order valence-electron chi connectivity index (χ1n) is 8.35. The molecule has 2 aromatic rings. The van der Waals surface area contributed by atoms with E-state index >= 15 is 0 Å². The van der Waals surface area contributed by atoms with Gasteiger partial charge in [0.05, 0.1) is 30.9 Å². The van der Waals surface area contributed by atoms with E-state index < -0.39 is 9.84 Å². The molecular weight excluding hydrogens is 467 g/mol. The van der Waals surface area contributed by atoms with Gasteiger partial charge >= 0.3 is 0 Å². The van der Waals surface area contributed by atoms with Crippen LogP contribution in [-0.2, 0) is 21.2 Å². The maximum absolute atomic E-state index is 12.6. The van der Waals surface area contributed by atoms with Crippen LogP contribution in [0.25, 0.3) is 0 Å². The Morgan fingerprint density at radius 3 is 2.81 bits per heavy atom. The summed E-state index contributed by atoms with van der Waals surface area (Å²) in [7, 11) is -3.03. The minimum atomic E-state index is -3.03. The second kappa shape index (κ2) is 8.10. The van der Waals surface area contributed by atoms with Crippen molar-refractivity contribution in [2.75, 3.05) is 23.4 Å². The number of carbonyl (C=O) groups excluding carboxylic acids is 1. The number of nitrogens with zero attached hydrogens (tertiary/aromatic N) is 1. The Balaban J connectivity index is 1.71. The number of carbonyl (C=O) groups is 1. The molecular formula is C18H21IN2O4S. The molecule has 2 heterocycles. The van der Waals surface area contributed by atoms with Crippen LogP contribution < -0.4 is 5.32 Å². The van der Waals surface area contributed by atoms with Gasteiger partial charge in [0.2, 0.25) is 5.91 Å². The van der Waals surface area contributed by atoms with Gasteiger partial charge in [-0.1, -0.05) is 0 Å². The van der Waals surface area contributed by atoms with Crippen molar-refractivity contribution in [2.45, 2.75) is 25.9 Å². The molecule has 1 aliphatic heterocycles. The van der Waals surface area contributed by atoms with Crippen LogP contribution in [0.15, 0.2) is 41.0 Å². The molecule has 1 fully saturated rings. The fourth-order valence-corrected chi connectivity index (χ4v) is 5.53. The Morgan fingerprint density at radius 1 is 1.38 bits per heavy atom. The van der Waals surface area contributed by atoms with Crippen LogP contribution in [0, 0.1) is 10.5 Å². The van der Waals surface area contributed by atoms with Gasteiger partial charge in [-0.05, 0) is 71.8 Å². The normalized spacial score (nSPS) is 19.0. The highest BCUT2D eigenvalue weighted by molar-refractivity contribution is 14.1. The van der Waals surface area contributed by atoms with Crippen molar-refractivity contribution < 1.29 is 17.6 Å². The third kappa shape index (κ3) is 5.08. The van der Waals surface area contributed by atoms with Crippen molar-refractivity contribution in [2.24, 2.45) is 0 Å². The minimum absolute atomic E-state index is 0.0869. The van der Waals surface area contributed by atoms with Crippen LogP contribution in [0.3, 0.4) is 0 Å². The summed E-state index contributed by atoms with van der Waals surface area (Å²) in [4.78, 5) is 14.5. The maximum atomic E-state index is 12.6. The highest BCUT2D eigenvalue weighted by Crippen LogP contribution is 2.21. The van der Waals surface area contributed by atoms with Crippen LogP contribution >= 0.6 is 22.6 Å². The zero-order valence-corrected chi connectivity index (χ0v) is 17.4. The number of aryl methyl sites for hydroxylation is 1. The molecule has 1 N–H and O–H groups in total. The number of sulfone groups is 1. The van der Waals surface area contributed by atoms with Crippen LogP contribution in [0.2, 0.25) is 0 Å². The first-order chi connectivity index (χ1) is 12.3. The number of anilines is 1. The molecule has 0 spiro atoms. The molecule has 1 aromatic carbocycles. The van der Waals surface area contributed by atoms with E-state index in [9.17, 15) is 13.2 Å². The Labute approximate surface area is 167 Å². The molecule has 1 atom stereocenters. The quantitative estimate of drug-likeness (QED) is 0.633. The van der Waals surface area contributed by atoms with Crippen molar-refractivity contribution in [1.29, 1.82) is 0 Å². The summed E-state index contributed by atoms with van der Waals surface area (Å²) in [6.45, 7) is 2.47. The standard InChI is InChI=1S/C18H21IN2O4S/c1-13-9-14(19)4-5-17(13)20-18(22)11-21(10-16-3-2-7-25-16)15-6-8-26(23,24)12-15/h2-5,7,9,15H,6,8,10-12H2,1H3,(H,20,22)/t15-/m1/s1. The molecule has 26 heavy (non-hydrogen) atoms. The summed E-state index contributed by atoms with van der Waals surface area (Å²) >= 11 is 2.23. The number of rotatable bonds is 6. The lowest BCUT2D eigenvalue weighted by Gasteiger charge is -2.26. The van der Waals surface area contributed by atoms with Gasteiger partial charge in [0.15, 0.2) is 9.84 Å². The lowest BCUT2D eigenvalue weighted by molar-refractivity contribution is -0.118. The minimum Gasteiger partial charge on any atom is -0.468 e. The Kier molecular flexibility index (Phi) is 6.03. The molecule has 1 saturated heterocycles. The van der Waals surface area contributed by atoms with Gasteiger partial charge < -0.3 is 9.73 Å². The van der Waals surface area contributed by atoms with E-state index in [1.54, 1.807) is 12.3 Å². The molecule has 8 heteroatoms. The summed E-state index contributed by atoms with van der Waals surface area (Å²) in [6.07, 6.45) is 2.12. The van der Waals surface area contributed by atoms with Gasteiger partial charge in [-0.2, -0.15) is 0 Å². The van der Waals surface area contributed by atoms with Crippen molar-refractivity contribution >= 4 is 44.0 Å². The maximum Gasteiger partial charge on any atom is 0.238 e. The van der Waals surface area contributed by atoms with E-state index in [0.29, 0.717) is 18.7 Å². The molecule has 6 nitrogen and oxygen atoms in total. The van der Waals surface area contributed by atoms with E-state index in [1.165, 1.54) is 0 Å². The number of hydrogen-bond acceptors (Lipinski definition) is 5. The van der Waals surface area contributed by atoms with Crippen molar-refractivity contribution in [3.05, 3.63) is 51.5 Å². The van der Waals surface area contributed by atoms with E-state index in [-0.39, 0.29) is 30.0 Å². The molecule has 1 aliphatic rings. The second-order valence-corrected chi connectivity index (χ2v) is 10.0. The van der Waals surface area contributed by atoms with E-state index in [1.807, 2.05) is 36.1 Å². The molecule has 0 saturated carbocycles. The second-order valence-electron chi connectivity index (χ2n) is 6.55. The van der Waals surface area contributed by atoms with Gasteiger partial charge in [-0.3, -0.25) is 9.69 Å². The zero-order chi connectivity index (χ0) is 18.7. The fourth-order valence-electron chi connectivity index (χ4n) is 3.12. The number of nitrogens with one attached hydrogen (secondary N) is 1. The topological polar surface area (TPSA) is 79.6 Å². The summed E-state index contributed by atoms with van der Waals surface area (Å²) in [5, 5.41) is 2.93. The largest absolute Gasteiger partial charge is 0.468 e. The van der Waals surface area contributed by atoms with Gasteiger partial charge in [0, 0.05) is 15.3 Å². The summed E-state index contributed by atoms with van der Waals surface area (Å²) in [5.74, 6) is 0.811. The Bertz CT molecular complexity index is 881. The predicted molar refractivity (Wildman–Crippen MR) is 109 cm³/mol. The van der Waals surface area contributed by atoms with E-state index in [4.69, 9.17) is 4.42 Å². The van der Waals surface area contributed by atoms with E-state index in [0.717, 1.165) is 14.8 Å². The number of benzene rings is 1. The van der Waals surface area contributed by atoms with Gasteiger partial charge in [-0.25, -0.2) is 8.42 Å². The highest BCUT2D eigenvalue weighted by Gasteiger charge is 2.33. The predicted octanol–water partition coefficient (Wildman–Crippen LogP) is 2.82. The summed E-state index contributed by atoms with van der Waals surface area (Å²) in [6, 6.07) is 9.26. The van der Waals surface area contributed by atoms with Crippen molar-refractivity contribution in [1.82, 2.24) is 4.90 Å². The lowest BCUT2D eigenvalue weighted by atomic mass is 10.2. The van der Waals surface area contributed by atoms with Gasteiger partial charge in [-0.15, -0.1) is 0 Å². The number of amides is 1. The summed E-state index contributed by atoms with van der Waals surface area (Å²) < 4.78 is 30.2. The highest BCUT2D eigenvalue weighted by atomic mass is 127. The third-order valence-corrected chi connectivity index (χ3v) is 6.89. The number of halogens is 1. The molecule has 0 aliphatic carbocycles. The molecule has 0 bridgehead atoms. The van der Waals surface area contributed by atoms with Crippen molar-refractivity contribution in [3.63, 3.8) is 0 Å². The lowest BCUT2D eigenvalue weighted by Crippen LogP contribution is -2.41. The Morgan fingerprint density at radius 2 is 2.19 bits per heavy atom. The Hall–Kier alpha value is -1.39. The molecule has 1 amide bonds. The molecule has 0 unspecified atom stereocenters. The smallest absolute Gasteiger partial charge is 0.238 e. The zero-order valence-electron chi connectivity index (χ0n) is 14.4. The molecule has 0 radical (unpaired) electrons. The van der Waals surface area contributed by atoms with Crippen molar-refractivity contribution in [3.8, 4) is 0 Å². The first kappa shape index (κ1) is 19.4. The number of hydrogen-bond donors (Lipinski definition) is 1. The van der Waals surface area contributed by atoms with Crippen LogP contribution in [-0.4, -0.2) is 43.3 Å². The van der Waals surface area contributed by atoms with Gasteiger partial charge in [0.25, 0.3) is 0 Å². The molecule has 3 rings (SSSR count). The first-order valence-corrected chi connectivity index (χ1v) is 11.3. The van der Waals surface area contributed by atoms with Gasteiger partial charge in [0.1, 0.15) is 5.76 Å². The number of furan rings is 1. The summed E-state index contributed by atoms with van der Waals surface area (Å²) in [5.41, 5.74) is 1.76. The monoisotopic (exact) mass is 488 g/mol. The SMILES string of the molecule is Cc1cc(I)ccc1NC(=O)CN(Cc1ccco1)[C@@H]1CCS(=O)(=O)C1.